The number of rotatable bonds is 34. The maximum atomic E-state index is 10.6. The molecule has 0 aromatic heterocycles. The molecule has 0 amide bonds. The van der Waals surface area contributed by atoms with Crippen LogP contribution in [-0.4, -0.2) is 54.1 Å². The van der Waals surface area contributed by atoms with Crippen LogP contribution in [0.15, 0.2) is 0 Å². The maximum Gasteiger partial charge on any atom is 0.105 e. The molecule has 3 heteroatoms. The van der Waals surface area contributed by atoms with Crippen LogP contribution in [0.5, 0.6) is 0 Å². The molecule has 0 bridgehead atoms. The first-order chi connectivity index (χ1) is 19.9. The van der Waals surface area contributed by atoms with E-state index in [9.17, 15) is 10.2 Å². The molecule has 0 spiro atoms. The van der Waals surface area contributed by atoms with E-state index in [1.54, 1.807) is 0 Å². The molecule has 41 heavy (non-hydrogen) atoms. The molecule has 0 rings (SSSR count). The van der Waals surface area contributed by atoms with Crippen LogP contribution in [0.25, 0.3) is 0 Å². The summed E-state index contributed by atoms with van der Waals surface area (Å²) in [5.41, 5.74) is 0. The van der Waals surface area contributed by atoms with Crippen molar-refractivity contribution < 1.29 is 14.7 Å². The number of nitrogens with zero attached hydrogens (tertiary/aromatic N) is 1. The molecule has 2 N–H and O–H groups in total. The largest absolute Gasteiger partial charge is 0.387 e. The molecule has 0 saturated heterocycles. The summed E-state index contributed by atoms with van der Waals surface area (Å²) in [6.07, 6.45) is 39.8. The molecule has 248 valence electrons. The van der Waals surface area contributed by atoms with Gasteiger partial charge in [0.2, 0.25) is 0 Å². The second-order valence-corrected chi connectivity index (χ2v) is 14.4. The summed E-state index contributed by atoms with van der Waals surface area (Å²) in [5, 5.41) is 21.2. The average molecular weight is 583 g/mol. The molecule has 0 fully saturated rings. The number of likely N-dealkylation sites (N-methyl/N-ethyl adjacent to an activating group) is 1. The predicted molar refractivity (Wildman–Crippen MR) is 184 cm³/mol. The zero-order valence-electron chi connectivity index (χ0n) is 29.1. The highest BCUT2D eigenvalue weighted by molar-refractivity contribution is 4.60. The van der Waals surface area contributed by atoms with Gasteiger partial charge in [-0.2, -0.15) is 0 Å². The van der Waals surface area contributed by atoms with Gasteiger partial charge >= 0.3 is 0 Å². The SMILES string of the molecule is CCCCCCCCCCCCCCCCC(O)C[N+](C)(C)CC(O)CCCCCCCCCCCCCCCC. The van der Waals surface area contributed by atoms with Crippen LogP contribution < -0.4 is 0 Å². The first-order valence-corrected chi connectivity index (χ1v) is 19.1. The van der Waals surface area contributed by atoms with Crippen LogP contribution in [0, 0.1) is 0 Å². The van der Waals surface area contributed by atoms with Gasteiger partial charge in [0.05, 0.1) is 14.1 Å². The Labute approximate surface area is 260 Å². The molecule has 2 atom stereocenters. The third-order valence-corrected chi connectivity index (χ3v) is 9.19. The van der Waals surface area contributed by atoms with Crippen molar-refractivity contribution in [1.29, 1.82) is 0 Å². The van der Waals surface area contributed by atoms with Crippen LogP contribution >= 0.6 is 0 Å². The van der Waals surface area contributed by atoms with E-state index >= 15 is 0 Å². The van der Waals surface area contributed by atoms with Gasteiger partial charge in [-0.05, 0) is 12.8 Å². The monoisotopic (exact) mass is 583 g/mol. The lowest BCUT2D eigenvalue weighted by Gasteiger charge is -2.33. The number of unbranched alkanes of at least 4 members (excludes halogenated alkanes) is 26. The summed E-state index contributed by atoms with van der Waals surface area (Å²) in [4.78, 5) is 0. The molecule has 0 aliphatic heterocycles. The minimum absolute atomic E-state index is 0.240. The molecule has 3 nitrogen and oxygen atoms in total. The van der Waals surface area contributed by atoms with Crippen molar-refractivity contribution in [2.75, 3.05) is 27.2 Å². The fraction of sp³-hybridized carbons (Fsp3) is 1.00. The number of quaternary nitrogens is 1. The molecular weight excluding hydrogens is 502 g/mol. The minimum atomic E-state index is -0.240. The van der Waals surface area contributed by atoms with E-state index in [2.05, 4.69) is 27.9 Å². The predicted octanol–water partition coefficient (Wildman–Crippen LogP) is 11.5. The fourth-order valence-corrected chi connectivity index (χ4v) is 6.55. The molecule has 0 aliphatic rings. The quantitative estimate of drug-likeness (QED) is 0.0585. The molecule has 0 radical (unpaired) electrons. The van der Waals surface area contributed by atoms with Crippen molar-refractivity contribution in [3.63, 3.8) is 0 Å². The summed E-state index contributed by atoms with van der Waals surface area (Å²) in [5.74, 6) is 0. The summed E-state index contributed by atoms with van der Waals surface area (Å²) in [6.45, 7) is 6.09. The van der Waals surface area contributed by atoms with Gasteiger partial charge in [0.25, 0.3) is 0 Å². The van der Waals surface area contributed by atoms with Crippen molar-refractivity contribution in [2.24, 2.45) is 0 Å². The van der Waals surface area contributed by atoms with Crippen molar-refractivity contribution >= 4 is 0 Å². The summed E-state index contributed by atoms with van der Waals surface area (Å²) < 4.78 is 0.722. The van der Waals surface area contributed by atoms with Gasteiger partial charge in [-0.3, -0.25) is 0 Å². The van der Waals surface area contributed by atoms with E-state index in [-0.39, 0.29) is 12.2 Å². The zero-order chi connectivity index (χ0) is 30.3. The second kappa shape index (κ2) is 31.3. The molecule has 0 heterocycles. The number of hydrogen-bond acceptors (Lipinski definition) is 2. The van der Waals surface area contributed by atoms with Crippen LogP contribution in [-0.2, 0) is 0 Å². The number of aliphatic hydroxyl groups excluding tert-OH is 2. The van der Waals surface area contributed by atoms with Gasteiger partial charge in [0.1, 0.15) is 25.3 Å². The Morgan fingerprint density at radius 3 is 0.756 bits per heavy atom. The molecular formula is C38H80NO2+. The fourth-order valence-electron chi connectivity index (χ4n) is 6.55. The number of hydrogen-bond donors (Lipinski definition) is 2. The Bertz CT molecular complexity index is 453. The Kier molecular flexibility index (Phi) is 31.2. The first-order valence-electron chi connectivity index (χ1n) is 19.1. The normalized spacial score (nSPS) is 13.6. The lowest BCUT2D eigenvalue weighted by atomic mass is 10.0. The maximum absolute atomic E-state index is 10.6. The van der Waals surface area contributed by atoms with E-state index in [1.807, 2.05) is 0 Å². The van der Waals surface area contributed by atoms with Gasteiger partial charge in [-0.25, -0.2) is 0 Å². The number of aliphatic hydroxyl groups is 2. The van der Waals surface area contributed by atoms with Crippen molar-refractivity contribution in [2.45, 2.75) is 219 Å². The first kappa shape index (κ1) is 40.9. The molecule has 0 saturated carbocycles. The molecule has 2 unspecified atom stereocenters. The molecule has 0 aliphatic carbocycles. The third-order valence-electron chi connectivity index (χ3n) is 9.19. The van der Waals surface area contributed by atoms with E-state index in [0.717, 1.165) is 43.3 Å². The molecule has 0 aromatic carbocycles. The van der Waals surface area contributed by atoms with Crippen LogP contribution in [0.3, 0.4) is 0 Å². The van der Waals surface area contributed by atoms with Crippen molar-refractivity contribution in [1.82, 2.24) is 0 Å². The van der Waals surface area contributed by atoms with Crippen LogP contribution in [0.4, 0.5) is 0 Å². The topological polar surface area (TPSA) is 40.5 Å². The average Bonchev–Trinajstić information content (AvgIpc) is 2.92. The highest BCUT2D eigenvalue weighted by Gasteiger charge is 2.23. The highest BCUT2D eigenvalue weighted by atomic mass is 16.3. The van der Waals surface area contributed by atoms with Crippen LogP contribution in [0.2, 0.25) is 0 Å². The lowest BCUT2D eigenvalue weighted by Crippen LogP contribution is -2.49. The Hall–Kier alpha value is -0.120. The van der Waals surface area contributed by atoms with E-state index in [0.29, 0.717) is 0 Å². The van der Waals surface area contributed by atoms with Gasteiger partial charge in [-0.1, -0.05) is 194 Å². The summed E-state index contributed by atoms with van der Waals surface area (Å²) in [7, 11) is 4.34. The van der Waals surface area contributed by atoms with Gasteiger partial charge < -0.3 is 14.7 Å². The smallest absolute Gasteiger partial charge is 0.105 e. The Morgan fingerprint density at radius 2 is 0.537 bits per heavy atom. The summed E-state index contributed by atoms with van der Waals surface area (Å²) in [6, 6.07) is 0. The van der Waals surface area contributed by atoms with Crippen molar-refractivity contribution in [3.8, 4) is 0 Å². The van der Waals surface area contributed by atoms with Gasteiger partial charge in [-0.15, -0.1) is 0 Å². The zero-order valence-corrected chi connectivity index (χ0v) is 29.1. The van der Waals surface area contributed by atoms with E-state index in [4.69, 9.17) is 0 Å². The van der Waals surface area contributed by atoms with Crippen LogP contribution in [0.1, 0.15) is 206 Å². The minimum Gasteiger partial charge on any atom is -0.387 e. The lowest BCUT2D eigenvalue weighted by molar-refractivity contribution is -0.896. The van der Waals surface area contributed by atoms with E-state index in [1.165, 1.54) is 167 Å². The second-order valence-electron chi connectivity index (χ2n) is 14.4. The van der Waals surface area contributed by atoms with E-state index < -0.39 is 0 Å². The molecule has 0 aromatic rings. The van der Waals surface area contributed by atoms with Gasteiger partial charge in [0.15, 0.2) is 0 Å². The van der Waals surface area contributed by atoms with Gasteiger partial charge in [0, 0.05) is 0 Å². The Balaban J connectivity index is 3.53. The summed E-state index contributed by atoms with van der Waals surface area (Å²) >= 11 is 0. The Morgan fingerprint density at radius 1 is 0.341 bits per heavy atom. The highest BCUT2D eigenvalue weighted by Crippen LogP contribution is 2.17. The third kappa shape index (κ3) is 32.6. The standard InChI is InChI=1S/C38H80NO2/c1-5-7-9-11-13-15-17-19-21-23-25-27-29-31-33-37(40)35-39(3,4)36-38(41)34-32-30-28-26-24-22-20-18-16-14-12-10-8-6-2/h37-38,40-41H,5-36H2,1-4H3/q+1. The van der Waals surface area contributed by atoms with Crippen molar-refractivity contribution in [3.05, 3.63) is 0 Å².